The van der Waals surface area contributed by atoms with Crippen molar-refractivity contribution in [3.63, 3.8) is 0 Å². The standard InChI is InChI=1S/C18H11NO2.C11H7BrO2/c19-12-13-6-8-14(9-7-13)16-10-17(21-18(20)11-16)15-4-2-1-3-5-15;12-9-6-10(14-11(13)7-9)8-4-2-1-3-5-8/h1-11H;1-7H. The molecule has 2 heterocycles. The van der Waals surface area contributed by atoms with Gasteiger partial charge in [0.05, 0.1) is 11.6 Å². The maximum absolute atomic E-state index is 11.8. The lowest BCUT2D eigenvalue weighted by Gasteiger charge is -2.04. The molecule has 5 aromatic rings. The van der Waals surface area contributed by atoms with E-state index in [1.54, 1.807) is 18.2 Å². The Morgan fingerprint density at radius 2 is 1.09 bits per heavy atom. The minimum Gasteiger partial charge on any atom is -0.423 e. The number of nitrogens with zero attached hydrogens (tertiary/aromatic N) is 1. The third kappa shape index (κ3) is 6.32. The van der Waals surface area contributed by atoms with Crippen molar-refractivity contribution in [1.29, 1.82) is 5.26 Å². The van der Waals surface area contributed by atoms with Crippen LogP contribution in [-0.2, 0) is 0 Å². The molecular formula is C29H18BrNO4. The maximum atomic E-state index is 11.8. The lowest BCUT2D eigenvalue weighted by Crippen LogP contribution is -1.98. The Bertz CT molecular complexity index is 1580. The van der Waals surface area contributed by atoms with Gasteiger partial charge >= 0.3 is 11.3 Å². The normalized spacial score (nSPS) is 10.1. The molecule has 35 heavy (non-hydrogen) atoms. The van der Waals surface area contributed by atoms with Crippen LogP contribution in [0, 0.1) is 11.3 Å². The highest BCUT2D eigenvalue weighted by Gasteiger charge is 2.06. The Hall–Kier alpha value is -4.47. The summed E-state index contributed by atoms with van der Waals surface area (Å²) in [5, 5.41) is 8.82. The van der Waals surface area contributed by atoms with Gasteiger partial charge in [-0.05, 0) is 35.4 Å². The van der Waals surface area contributed by atoms with Crippen LogP contribution in [0.3, 0.4) is 0 Å². The molecular weight excluding hydrogens is 506 g/mol. The van der Waals surface area contributed by atoms with E-state index in [9.17, 15) is 9.59 Å². The van der Waals surface area contributed by atoms with E-state index >= 15 is 0 Å². The molecule has 0 fully saturated rings. The zero-order valence-electron chi connectivity index (χ0n) is 18.4. The van der Waals surface area contributed by atoms with E-state index in [4.69, 9.17) is 14.1 Å². The van der Waals surface area contributed by atoms with Gasteiger partial charge in [0.15, 0.2) is 0 Å². The molecule has 2 aromatic heterocycles. The number of halogens is 1. The van der Waals surface area contributed by atoms with E-state index in [2.05, 4.69) is 22.0 Å². The average molecular weight is 524 g/mol. The molecule has 0 aliphatic carbocycles. The van der Waals surface area contributed by atoms with Gasteiger partial charge in [-0.3, -0.25) is 0 Å². The van der Waals surface area contributed by atoms with Gasteiger partial charge in [-0.25, -0.2) is 9.59 Å². The molecule has 0 bridgehead atoms. The number of hydrogen-bond donors (Lipinski definition) is 0. The SMILES string of the molecule is N#Cc1ccc(-c2cc(-c3ccccc3)oc(=O)c2)cc1.O=c1cc(Br)cc(-c2ccccc2)o1. The largest absolute Gasteiger partial charge is 0.423 e. The molecule has 0 aliphatic rings. The fourth-order valence-corrected chi connectivity index (χ4v) is 3.71. The van der Waals surface area contributed by atoms with Crippen LogP contribution in [0.5, 0.6) is 0 Å². The van der Waals surface area contributed by atoms with Gasteiger partial charge in [0.2, 0.25) is 0 Å². The molecule has 0 saturated heterocycles. The van der Waals surface area contributed by atoms with Gasteiger partial charge in [-0.15, -0.1) is 0 Å². The highest BCUT2D eigenvalue weighted by Crippen LogP contribution is 2.25. The molecule has 0 amide bonds. The maximum Gasteiger partial charge on any atom is 0.337 e. The topological polar surface area (TPSA) is 84.2 Å². The van der Waals surface area contributed by atoms with Gasteiger partial charge in [0, 0.05) is 27.7 Å². The van der Waals surface area contributed by atoms with Crippen molar-refractivity contribution in [2.45, 2.75) is 0 Å². The van der Waals surface area contributed by atoms with Crippen LogP contribution in [-0.4, -0.2) is 0 Å². The van der Waals surface area contributed by atoms with E-state index in [0.717, 1.165) is 26.7 Å². The first-order valence-electron chi connectivity index (χ1n) is 10.6. The summed E-state index contributed by atoms with van der Waals surface area (Å²) < 4.78 is 11.1. The summed E-state index contributed by atoms with van der Waals surface area (Å²) in [5.74, 6) is 1.10. The minimum absolute atomic E-state index is 0.349. The van der Waals surface area contributed by atoms with Crippen LogP contribution in [0.25, 0.3) is 33.8 Å². The van der Waals surface area contributed by atoms with Crippen molar-refractivity contribution < 1.29 is 8.83 Å². The first kappa shape index (κ1) is 23.7. The molecule has 6 heteroatoms. The first-order chi connectivity index (χ1) is 17.0. The summed E-state index contributed by atoms with van der Waals surface area (Å²) in [6.07, 6.45) is 0. The lowest BCUT2D eigenvalue weighted by molar-refractivity contribution is 0.524. The molecule has 0 aliphatic heterocycles. The van der Waals surface area contributed by atoms with Crippen molar-refractivity contribution in [3.8, 4) is 39.8 Å². The highest BCUT2D eigenvalue weighted by atomic mass is 79.9. The predicted octanol–water partition coefficient (Wildman–Crippen LogP) is 6.91. The molecule has 5 rings (SSSR count). The van der Waals surface area contributed by atoms with Gasteiger partial charge in [0.25, 0.3) is 0 Å². The van der Waals surface area contributed by atoms with Crippen molar-refractivity contribution in [3.05, 3.63) is 140 Å². The molecule has 3 aromatic carbocycles. The average Bonchev–Trinajstić information content (AvgIpc) is 2.89. The second kappa shape index (κ2) is 11.1. The number of hydrogen-bond acceptors (Lipinski definition) is 5. The predicted molar refractivity (Wildman–Crippen MR) is 139 cm³/mol. The van der Waals surface area contributed by atoms with Crippen LogP contribution >= 0.6 is 15.9 Å². The summed E-state index contributed by atoms with van der Waals surface area (Å²) in [5.41, 5.74) is 3.24. The first-order valence-corrected chi connectivity index (χ1v) is 11.4. The molecule has 0 spiro atoms. The van der Waals surface area contributed by atoms with Crippen LogP contribution in [0.15, 0.2) is 132 Å². The molecule has 170 valence electrons. The zero-order chi connectivity index (χ0) is 24.6. The molecule has 0 radical (unpaired) electrons. The van der Waals surface area contributed by atoms with Crippen molar-refractivity contribution >= 4 is 15.9 Å². The molecule has 0 N–H and O–H groups in total. The molecule has 0 saturated carbocycles. The Balaban J connectivity index is 0.000000179. The number of rotatable bonds is 3. The Morgan fingerprint density at radius 3 is 1.60 bits per heavy atom. The van der Waals surface area contributed by atoms with E-state index in [-0.39, 0.29) is 5.63 Å². The third-order valence-corrected chi connectivity index (χ3v) is 5.43. The lowest BCUT2D eigenvalue weighted by atomic mass is 10.0. The van der Waals surface area contributed by atoms with Crippen molar-refractivity contribution in [1.82, 2.24) is 0 Å². The van der Waals surface area contributed by atoms with E-state index in [1.165, 1.54) is 12.1 Å². The quantitative estimate of drug-likeness (QED) is 0.256. The van der Waals surface area contributed by atoms with Crippen molar-refractivity contribution in [2.24, 2.45) is 0 Å². The molecule has 0 atom stereocenters. The van der Waals surface area contributed by atoms with E-state index in [1.807, 2.05) is 78.9 Å². The summed E-state index contributed by atoms with van der Waals surface area (Å²) in [7, 11) is 0. The smallest absolute Gasteiger partial charge is 0.337 e. The summed E-state index contributed by atoms with van der Waals surface area (Å²) in [6.45, 7) is 0. The number of benzene rings is 3. The van der Waals surface area contributed by atoms with Gasteiger partial charge in [-0.2, -0.15) is 5.26 Å². The number of nitriles is 1. The van der Waals surface area contributed by atoms with Gasteiger partial charge in [0.1, 0.15) is 11.5 Å². The summed E-state index contributed by atoms with van der Waals surface area (Å²) >= 11 is 3.25. The molecule has 5 nitrogen and oxygen atoms in total. The molecule has 0 unspecified atom stereocenters. The zero-order valence-corrected chi connectivity index (χ0v) is 19.9. The second-order valence-corrected chi connectivity index (χ2v) is 8.33. The Morgan fingerprint density at radius 1 is 0.571 bits per heavy atom. The third-order valence-electron chi connectivity index (χ3n) is 4.97. The van der Waals surface area contributed by atoms with Crippen LogP contribution in [0.2, 0.25) is 0 Å². The Kier molecular flexibility index (Phi) is 7.51. The van der Waals surface area contributed by atoms with Crippen LogP contribution < -0.4 is 11.3 Å². The monoisotopic (exact) mass is 523 g/mol. The van der Waals surface area contributed by atoms with Gasteiger partial charge in [-0.1, -0.05) is 88.7 Å². The fraction of sp³-hybridized carbons (Fsp3) is 0. The summed E-state index contributed by atoms with van der Waals surface area (Å²) in [4.78, 5) is 22.8. The minimum atomic E-state index is -0.393. The highest BCUT2D eigenvalue weighted by molar-refractivity contribution is 9.10. The second-order valence-electron chi connectivity index (χ2n) is 7.41. The van der Waals surface area contributed by atoms with E-state index < -0.39 is 5.63 Å². The van der Waals surface area contributed by atoms with Crippen molar-refractivity contribution in [2.75, 3.05) is 0 Å². The van der Waals surface area contributed by atoms with Gasteiger partial charge < -0.3 is 8.83 Å². The Labute approximate surface area is 209 Å². The summed E-state index contributed by atoms with van der Waals surface area (Å²) in [6, 6.07) is 34.6. The van der Waals surface area contributed by atoms with E-state index in [0.29, 0.717) is 17.1 Å². The fourth-order valence-electron chi connectivity index (χ4n) is 3.32. The van der Waals surface area contributed by atoms with Crippen LogP contribution in [0.4, 0.5) is 0 Å². The van der Waals surface area contributed by atoms with Crippen LogP contribution in [0.1, 0.15) is 5.56 Å².